The number of piperidine rings is 1. The molecule has 8 heteroatoms. The van der Waals surface area contributed by atoms with Crippen LogP contribution in [0.15, 0.2) is 36.4 Å². The molecule has 1 amide bonds. The number of aryl methyl sites for hydroxylation is 2. The van der Waals surface area contributed by atoms with E-state index in [1.165, 1.54) is 0 Å². The first-order valence-corrected chi connectivity index (χ1v) is 11.0. The Bertz CT molecular complexity index is 1010. The molecule has 1 fully saturated rings. The van der Waals surface area contributed by atoms with Crippen LogP contribution in [0.1, 0.15) is 29.8 Å². The number of hydrogen-bond donors (Lipinski definition) is 1. The molecule has 3 heterocycles. The van der Waals surface area contributed by atoms with Gasteiger partial charge in [0, 0.05) is 31.0 Å². The summed E-state index contributed by atoms with van der Waals surface area (Å²) in [7, 11) is 1.64. The highest BCUT2D eigenvalue weighted by Gasteiger charge is 2.28. The molecule has 1 atom stereocenters. The van der Waals surface area contributed by atoms with Crippen molar-refractivity contribution in [2.45, 2.75) is 33.2 Å². The second-order valence-corrected chi connectivity index (χ2v) is 8.61. The normalized spacial score (nSPS) is 16.5. The Morgan fingerprint density at radius 2 is 1.97 bits per heavy atom. The average Bonchev–Trinajstić information content (AvgIpc) is 3.38. The number of anilines is 1. The molecule has 1 aliphatic heterocycles. The number of rotatable bonds is 6. The molecule has 158 valence electrons. The summed E-state index contributed by atoms with van der Waals surface area (Å²) in [6.45, 7) is 6.21. The number of hydrogen-bond acceptors (Lipinski definition) is 6. The zero-order valence-corrected chi connectivity index (χ0v) is 18.4. The van der Waals surface area contributed by atoms with Crippen molar-refractivity contribution in [1.29, 1.82) is 0 Å². The van der Waals surface area contributed by atoms with E-state index in [1.54, 1.807) is 18.4 Å². The van der Waals surface area contributed by atoms with Crippen molar-refractivity contribution in [2.75, 3.05) is 25.1 Å². The molecule has 0 aliphatic carbocycles. The maximum atomic E-state index is 12.8. The van der Waals surface area contributed by atoms with E-state index in [1.807, 2.05) is 24.3 Å². The molecule has 1 unspecified atom stereocenters. The lowest BCUT2D eigenvalue weighted by Gasteiger charge is -2.31. The van der Waals surface area contributed by atoms with Gasteiger partial charge in [0.1, 0.15) is 5.75 Å². The molecular formula is C22H27N5O2S. The fourth-order valence-electron chi connectivity index (χ4n) is 3.88. The Balaban J connectivity index is 1.39. The highest BCUT2D eigenvalue weighted by atomic mass is 32.1. The minimum absolute atomic E-state index is 0.0493. The summed E-state index contributed by atoms with van der Waals surface area (Å²) in [6, 6.07) is 11.9. The van der Waals surface area contributed by atoms with Crippen LogP contribution in [-0.4, -0.2) is 40.9 Å². The quantitative estimate of drug-likeness (QED) is 0.655. The van der Waals surface area contributed by atoms with Crippen LogP contribution in [-0.2, 0) is 11.3 Å². The number of nitrogens with one attached hydrogen (secondary N) is 1. The molecule has 0 bridgehead atoms. The summed E-state index contributed by atoms with van der Waals surface area (Å²) < 4.78 is 7.37. The summed E-state index contributed by atoms with van der Waals surface area (Å²) in [5, 5.41) is 13.6. The maximum Gasteiger partial charge on any atom is 0.225 e. The van der Waals surface area contributed by atoms with Gasteiger partial charge in [0.15, 0.2) is 0 Å². The van der Waals surface area contributed by atoms with E-state index in [0.29, 0.717) is 13.1 Å². The summed E-state index contributed by atoms with van der Waals surface area (Å²) in [5.74, 6) is 0.835. The summed E-state index contributed by atoms with van der Waals surface area (Å²) in [5.41, 5.74) is 3.31. The minimum Gasteiger partial charge on any atom is -0.497 e. The number of nitrogens with zero attached hydrogens (tertiary/aromatic N) is 4. The van der Waals surface area contributed by atoms with Crippen LogP contribution in [0.4, 0.5) is 5.13 Å². The molecule has 1 N–H and O–H groups in total. The summed E-state index contributed by atoms with van der Waals surface area (Å²) in [6.07, 6.45) is 1.86. The molecule has 0 radical (unpaired) electrons. The van der Waals surface area contributed by atoms with Crippen molar-refractivity contribution < 1.29 is 9.53 Å². The Morgan fingerprint density at radius 1 is 1.20 bits per heavy atom. The van der Waals surface area contributed by atoms with Gasteiger partial charge in [-0.15, -0.1) is 10.2 Å². The smallest absolute Gasteiger partial charge is 0.225 e. The van der Waals surface area contributed by atoms with E-state index < -0.39 is 0 Å². The van der Waals surface area contributed by atoms with Gasteiger partial charge in [0.05, 0.1) is 13.0 Å². The molecule has 30 heavy (non-hydrogen) atoms. The topological polar surface area (TPSA) is 72.3 Å². The van der Waals surface area contributed by atoms with Gasteiger partial charge < -0.3 is 15.0 Å². The van der Waals surface area contributed by atoms with Gasteiger partial charge in [-0.3, -0.25) is 9.36 Å². The van der Waals surface area contributed by atoms with Crippen LogP contribution in [0.5, 0.6) is 5.75 Å². The lowest BCUT2D eigenvalue weighted by molar-refractivity contribution is -0.125. The molecule has 2 aromatic heterocycles. The Labute approximate surface area is 180 Å². The highest BCUT2D eigenvalue weighted by Crippen LogP contribution is 2.29. The van der Waals surface area contributed by atoms with Crippen LogP contribution in [0.25, 0.3) is 5.13 Å². The van der Waals surface area contributed by atoms with Crippen LogP contribution < -0.4 is 15.0 Å². The largest absolute Gasteiger partial charge is 0.497 e. The molecule has 1 aliphatic rings. The number of benzene rings is 1. The van der Waals surface area contributed by atoms with Crippen molar-refractivity contribution in [3.63, 3.8) is 0 Å². The molecule has 3 aromatic rings. The molecule has 0 saturated carbocycles. The van der Waals surface area contributed by atoms with E-state index in [-0.39, 0.29) is 11.8 Å². The van der Waals surface area contributed by atoms with Gasteiger partial charge in [-0.05, 0) is 56.5 Å². The SMILES string of the molecule is COc1cccc(CNC(=O)C2CCCN(c3nnc(-n4c(C)ccc4C)s3)C2)c1. The monoisotopic (exact) mass is 425 g/mol. The first-order valence-electron chi connectivity index (χ1n) is 10.2. The predicted molar refractivity (Wildman–Crippen MR) is 118 cm³/mol. The third-order valence-corrected chi connectivity index (χ3v) is 6.50. The zero-order valence-electron chi connectivity index (χ0n) is 17.6. The number of methoxy groups -OCH3 is 1. The number of carbonyl (C=O) groups is 1. The minimum atomic E-state index is -0.0493. The maximum absolute atomic E-state index is 12.8. The van der Waals surface area contributed by atoms with Crippen molar-refractivity contribution in [3.05, 3.63) is 53.3 Å². The van der Waals surface area contributed by atoms with Crippen LogP contribution in [0, 0.1) is 19.8 Å². The predicted octanol–water partition coefficient (Wildman–Crippen LogP) is 3.49. The van der Waals surface area contributed by atoms with Crippen molar-refractivity contribution >= 4 is 22.4 Å². The van der Waals surface area contributed by atoms with Crippen LogP contribution >= 0.6 is 11.3 Å². The number of carbonyl (C=O) groups excluding carboxylic acids is 1. The number of ether oxygens (including phenoxy) is 1. The number of aromatic nitrogens is 3. The average molecular weight is 426 g/mol. The standard InChI is InChI=1S/C22H27N5O2S/c1-15-9-10-16(2)27(15)22-25-24-21(30-22)26-11-5-7-18(14-26)20(28)23-13-17-6-4-8-19(12-17)29-3/h4,6,8-10,12,18H,5,7,11,13-14H2,1-3H3,(H,23,28). The first kappa shape index (κ1) is 20.4. The van der Waals surface area contributed by atoms with E-state index in [2.05, 4.69) is 51.0 Å². The summed E-state index contributed by atoms with van der Waals surface area (Å²) >= 11 is 1.57. The van der Waals surface area contributed by atoms with Gasteiger partial charge >= 0.3 is 0 Å². The van der Waals surface area contributed by atoms with Crippen molar-refractivity contribution in [3.8, 4) is 10.9 Å². The second-order valence-electron chi connectivity index (χ2n) is 7.67. The van der Waals surface area contributed by atoms with E-state index in [0.717, 1.165) is 52.4 Å². The highest BCUT2D eigenvalue weighted by molar-refractivity contribution is 7.17. The third-order valence-electron chi connectivity index (χ3n) is 5.53. The molecule has 7 nitrogen and oxygen atoms in total. The van der Waals surface area contributed by atoms with E-state index in [4.69, 9.17) is 4.74 Å². The molecule has 1 saturated heterocycles. The lowest BCUT2D eigenvalue weighted by atomic mass is 9.97. The second kappa shape index (κ2) is 8.87. The molecule has 4 rings (SSSR count). The first-order chi connectivity index (χ1) is 14.5. The van der Waals surface area contributed by atoms with Crippen molar-refractivity contribution in [1.82, 2.24) is 20.1 Å². The Hall–Kier alpha value is -2.87. The van der Waals surface area contributed by atoms with E-state index in [9.17, 15) is 4.79 Å². The molecular weight excluding hydrogens is 398 g/mol. The molecule has 0 spiro atoms. The van der Waals surface area contributed by atoms with Gasteiger partial charge in [0.2, 0.25) is 16.2 Å². The van der Waals surface area contributed by atoms with Gasteiger partial charge in [-0.1, -0.05) is 23.5 Å². The number of amides is 1. The fraction of sp³-hybridized carbons (Fsp3) is 0.409. The van der Waals surface area contributed by atoms with Crippen LogP contribution in [0.3, 0.4) is 0 Å². The van der Waals surface area contributed by atoms with Gasteiger partial charge in [-0.25, -0.2) is 0 Å². The molecule has 1 aromatic carbocycles. The lowest BCUT2D eigenvalue weighted by Crippen LogP contribution is -2.43. The van der Waals surface area contributed by atoms with Gasteiger partial charge in [-0.2, -0.15) is 0 Å². The summed E-state index contributed by atoms with van der Waals surface area (Å²) in [4.78, 5) is 15.0. The van der Waals surface area contributed by atoms with E-state index >= 15 is 0 Å². The van der Waals surface area contributed by atoms with Crippen LogP contribution in [0.2, 0.25) is 0 Å². The third kappa shape index (κ3) is 4.33. The zero-order chi connectivity index (χ0) is 21.1. The Morgan fingerprint density at radius 3 is 2.73 bits per heavy atom. The fourth-order valence-corrected chi connectivity index (χ4v) is 4.88. The van der Waals surface area contributed by atoms with Crippen molar-refractivity contribution in [2.24, 2.45) is 5.92 Å². The van der Waals surface area contributed by atoms with Gasteiger partial charge in [0.25, 0.3) is 0 Å². The Kier molecular flexibility index (Phi) is 6.03.